The van der Waals surface area contributed by atoms with Crippen LogP contribution in [0.25, 0.3) is 0 Å². The number of rotatable bonds is 8. The van der Waals surface area contributed by atoms with Gasteiger partial charge in [0.15, 0.2) is 0 Å². The molecule has 2 aromatic rings. The zero-order valence-corrected chi connectivity index (χ0v) is 17.0. The van der Waals surface area contributed by atoms with Crippen LogP contribution in [0.15, 0.2) is 30.5 Å². The van der Waals surface area contributed by atoms with Gasteiger partial charge in [-0.15, -0.1) is 0 Å². The molecule has 1 aliphatic heterocycles. The molecule has 1 saturated heterocycles. The van der Waals surface area contributed by atoms with Crippen molar-refractivity contribution in [3.63, 3.8) is 0 Å². The number of sulfonamides is 1. The van der Waals surface area contributed by atoms with Crippen molar-refractivity contribution in [1.82, 2.24) is 19.8 Å². The summed E-state index contributed by atoms with van der Waals surface area (Å²) < 4.78 is 31.2. The smallest absolute Gasteiger partial charge is 0.251 e. The Morgan fingerprint density at radius 2 is 2.21 bits per heavy atom. The SMILES string of the molecule is CCS(=O)(=O)N1CCC(Cc2cc(C(=O)NCc3ccn[nH]3)ccc2OC)C1. The van der Waals surface area contributed by atoms with E-state index in [1.54, 1.807) is 42.7 Å². The maximum Gasteiger partial charge on any atom is 0.251 e. The van der Waals surface area contributed by atoms with Crippen molar-refractivity contribution in [2.45, 2.75) is 26.3 Å². The number of carbonyl (C=O) groups is 1. The highest BCUT2D eigenvalue weighted by Gasteiger charge is 2.30. The Balaban J connectivity index is 1.68. The van der Waals surface area contributed by atoms with Crippen molar-refractivity contribution in [1.29, 1.82) is 0 Å². The van der Waals surface area contributed by atoms with Crippen LogP contribution in [0.3, 0.4) is 0 Å². The number of nitrogens with zero attached hydrogens (tertiary/aromatic N) is 2. The van der Waals surface area contributed by atoms with Crippen molar-refractivity contribution in [2.24, 2.45) is 5.92 Å². The van der Waals surface area contributed by atoms with Crippen LogP contribution in [0.2, 0.25) is 0 Å². The molecule has 0 radical (unpaired) electrons. The van der Waals surface area contributed by atoms with E-state index < -0.39 is 10.0 Å². The van der Waals surface area contributed by atoms with Crippen LogP contribution in [-0.4, -0.2) is 54.8 Å². The van der Waals surface area contributed by atoms with Gasteiger partial charge in [0.1, 0.15) is 5.75 Å². The van der Waals surface area contributed by atoms with E-state index in [1.165, 1.54) is 0 Å². The van der Waals surface area contributed by atoms with Crippen molar-refractivity contribution < 1.29 is 17.9 Å². The first-order valence-electron chi connectivity index (χ1n) is 9.34. The first-order valence-corrected chi connectivity index (χ1v) is 10.9. The van der Waals surface area contributed by atoms with E-state index >= 15 is 0 Å². The average molecular weight is 407 g/mol. The minimum Gasteiger partial charge on any atom is -0.496 e. The third-order valence-electron chi connectivity index (χ3n) is 5.06. The van der Waals surface area contributed by atoms with E-state index in [9.17, 15) is 13.2 Å². The largest absolute Gasteiger partial charge is 0.496 e. The second-order valence-corrected chi connectivity index (χ2v) is 9.17. The lowest BCUT2D eigenvalue weighted by Gasteiger charge is -2.16. The van der Waals surface area contributed by atoms with Crippen molar-refractivity contribution >= 4 is 15.9 Å². The fourth-order valence-electron chi connectivity index (χ4n) is 3.45. The van der Waals surface area contributed by atoms with Gasteiger partial charge >= 0.3 is 0 Å². The molecular formula is C19H26N4O4S. The standard InChI is InChI=1S/C19H26N4O4S/c1-3-28(25,26)23-9-7-14(13-23)10-16-11-15(4-5-18(16)27-2)19(24)20-12-17-6-8-21-22-17/h4-6,8,11,14H,3,7,9-10,12-13H2,1-2H3,(H,20,24)(H,21,22). The summed E-state index contributed by atoms with van der Waals surface area (Å²) in [6, 6.07) is 7.15. The molecule has 28 heavy (non-hydrogen) atoms. The molecule has 3 rings (SSSR count). The third-order valence-corrected chi connectivity index (χ3v) is 6.90. The monoisotopic (exact) mass is 406 g/mol. The molecule has 0 aliphatic carbocycles. The molecule has 2 N–H and O–H groups in total. The number of aromatic nitrogens is 2. The lowest BCUT2D eigenvalue weighted by atomic mass is 9.96. The van der Waals surface area contributed by atoms with Crippen LogP contribution in [0.1, 0.15) is 35.0 Å². The lowest BCUT2D eigenvalue weighted by molar-refractivity contribution is 0.0950. The van der Waals surface area contributed by atoms with Crippen LogP contribution < -0.4 is 10.1 Å². The number of H-pyrrole nitrogens is 1. The van der Waals surface area contributed by atoms with E-state index in [0.29, 0.717) is 37.4 Å². The summed E-state index contributed by atoms with van der Waals surface area (Å²) >= 11 is 0. The molecule has 1 unspecified atom stereocenters. The Kier molecular flexibility index (Phi) is 6.35. The summed E-state index contributed by atoms with van der Waals surface area (Å²) in [6.07, 6.45) is 3.11. The number of amides is 1. The van der Waals surface area contributed by atoms with Gasteiger partial charge in [0, 0.05) is 24.8 Å². The van der Waals surface area contributed by atoms with E-state index in [-0.39, 0.29) is 17.6 Å². The first kappa shape index (κ1) is 20.3. The van der Waals surface area contributed by atoms with Crippen LogP contribution in [-0.2, 0) is 23.0 Å². The number of ether oxygens (including phenoxy) is 1. The summed E-state index contributed by atoms with van der Waals surface area (Å²) in [6.45, 7) is 3.09. The zero-order valence-electron chi connectivity index (χ0n) is 16.1. The number of nitrogens with one attached hydrogen (secondary N) is 2. The van der Waals surface area contributed by atoms with Gasteiger partial charge in [-0.1, -0.05) is 0 Å². The minimum atomic E-state index is -3.16. The second kappa shape index (κ2) is 8.74. The molecular weight excluding hydrogens is 380 g/mol. The van der Waals surface area contributed by atoms with Gasteiger partial charge in [-0.3, -0.25) is 9.89 Å². The summed E-state index contributed by atoms with van der Waals surface area (Å²) in [7, 11) is -1.56. The van der Waals surface area contributed by atoms with Crippen LogP contribution in [0, 0.1) is 5.92 Å². The van der Waals surface area contributed by atoms with Crippen molar-refractivity contribution in [3.8, 4) is 5.75 Å². The molecule has 1 aromatic heterocycles. The van der Waals surface area contributed by atoms with E-state index in [4.69, 9.17) is 4.74 Å². The number of methoxy groups -OCH3 is 1. The Morgan fingerprint density at radius 1 is 1.39 bits per heavy atom. The fraction of sp³-hybridized carbons (Fsp3) is 0.474. The van der Waals surface area contributed by atoms with Crippen LogP contribution >= 0.6 is 0 Å². The zero-order chi connectivity index (χ0) is 20.1. The Hall–Kier alpha value is -2.39. The molecule has 1 aromatic carbocycles. The first-order chi connectivity index (χ1) is 13.4. The van der Waals surface area contributed by atoms with Gasteiger partial charge in [-0.25, -0.2) is 12.7 Å². The normalized spacial score (nSPS) is 17.6. The highest BCUT2D eigenvalue weighted by molar-refractivity contribution is 7.89. The second-order valence-electron chi connectivity index (χ2n) is 6.91. The van der Waals surface area contributed by atoms with E-state index in [2.05, 4.69) is 15.5 Å². The van der Waals surface area contributed by atoms with Crippen molar-refractivity contribution in [2.75, 3.05) is 26.0 Å². The highest BCUT2D eigenvalue weighted by Crippen LogP contribution is 2.28. The van der Waals surface area contributed by atoms with Gasteiger partial charge in [-0.2, -0.15) is 5.10 Å². The molecule has 1 atom stereocenters. The lowest BCUT2D eigenvalue weighted by Crippen LogP contribution is -2.30. The predicted octanol–water partition coefficient (Wildman–Crippen LogP) is 1.56. The summed E-state index contributed by atoms with van der Waals surface area (Å²) in [5, 5.41) is 9.52. The van der Waals surface area contributed by atoms with Gasteiger partial charge in [0.2, 0.25) is 10.0 Å². The van der Waals surface area contributed by atoms with Gasteiger partial charge in [0.25, 0.3) is 5.91 Å². The number of hydrogen-bond donors (Lipinski definition) is 2. The number of benzene rings is 1. The highest BCUT2D eigenvalue weighted by atomic mass is 32.2. The third kappa shape index (κ3) is 4.71. The van der Waals surface area contributed by atoms with Crippen LogP contribution in [0.5, 0.6) is 5.75 Å². The van der Waals surface area contributed by atoms with E-state index in [0.717, 1.165) is 17.7 Å². The maximum atomic E-state index is 12.5. The van der Waals surface area contributed by atoms with Crippen LogP contribution in [0.4, 0.5) is 0 Å². The Morgan fingerprint density at radius 3 is 2.89 bits per heavy atom. The number of aromatic amines is 1. The van der Waals surface area contributed by atoms with Gasteiger partial charge in [-0.05, 0) is 55.5 Å². The van der Waals surface area contributed by atoms with Gasteiger partial charge < -0.3 is 10.1 Å². The van der Waals surface area contributed by atoms with Crippen molar-refractivity contribution in [3.05, 3.63) is 47.3 Å². The summed E-state index contributed by atoms with van der Waals surface area (Å²) in [4.78, 5) is 12.5. The molecule has 2 heterocycles. The molecule has 152 valence electrons. The molecule has 0 saturated carbocycles. The molecule has 8 nitrogen and oxygen atoms in total. The molecule has 9 heteroatoms. The molecule has 1 aliphatic rings. The average Bonchev–Trinajstić information content (AvgIpc) is 3.38. The molecule has 1 amide bonds. The molecule has 0 bridgehead atoms. The minimum absolute atomic E-state index is 0.120. The Labute approximate surface area is 165 Å². The fourth-order valence-corrected chi connectivity index (χ4v) is 4.64. The predicted molar refractivity (Wildman–Crippen MR) is 106 cm³/mol. The topological polar surface area (TPSA) is 104 Å². The maximum absolute atomic E-state index is 12.5. The Bertz CT molecular complexity index is 912. The number of hydrogen-bond acceptors (Lipinski definition) is 5. The number of carbonyl (C=O) groups excluding carboxylic acids is 1. The molecule has 0 spiro atoms. The van der Waals surface area contributed by atoms with E-state index in [1.807, 2.05) is 6.07 Å². The molecule has 1 fully saturated rings. The summed E-state index contributed by atoms with van der Waals surface area (Å²) in [5.74, 6) is 0.857. The van der Waals surface area contributed by atoms with Gasteiger partial charge in [0.05, 0.1) is 25.1 Å². The summed E-state index contributed by atoms with van der Waals surface area (Å²) in [5.41, 5.74) is 2.29. The quantitative estimate of drug-likeness (QED) is 0.692.